The number of fused-ring (bicyclic) bond motifs is 1. The Morgan fingerprint density at radius 1 is 1.11 bits per heavy atom. The molecule has 0 bridgehead atoms. The standard InChI is InChI=1S/C21H29NO6/c1-12-9-14-3-2-8-22(14)10-16(12)13-4-6-15(7-5-13)27-21-20(26)19(25)18(24)17(11-23)28-21/h4-7,14,17-21,23-26H,2-3,8-11H2,1H3/t14-,17+,18+,19-,20+,21+/m0/s1. The highest BCUT2D eigenvalue weighted by Crippen LogP contribution is 2.35. The van der Waals surface area contributed by atoms with E-state index in [1.54, 1.807) is 0 Å². The molecule has 6 atom stereocenters. The largest absolute Gasteiger partial charge is 0.462 e. The minimum absolute atomic E-state index is 0.478. The van der Waals surface area contributed by atoms with Crippen molar-refractivity contribution in [3.8, 4) is 5.75 Å². The maximum absolute atomic E-state index is 10.1. The molecule has 3 heterocycles. The van der Waals surface area contributed by atoms with Gasteiger partial charge in [0.25, 0.3) is 0 Å². The van der Waals surface area contributed by atoms with E-state index in [1.165, 1.54) is 30.5 Å². The third kappa shape index (κ3) is 3.70. The highest BCUT2D eigenvalue weighted by atomic mass is 16.7. The van der Waals surface area contributed by atoms with Crippen molar-refractivity contribution in [2.24, 2.45) is 0 Å². The Hall–Kier alpha value is -1.48. The molecular formula is C21H29NO6. The number of benzene rings is 1. The normalized spacial score (nSPS) is 36.5. The summed E-state index contributed by atoms with van der Waals surface area (Å²) in [6.07, 6.45) is -2.70. The topological polar surface area (TPSA) is 103 Å². The summed E-state index contributed by atoms with van der Waals surface area (Å²) in [6.45, 7) is 3.88. The monoisotopic (exact) mass is 391 g/mol. The first-order valence-corrected chi connectivity index (χ1v) is 9.98. The molecule has 1 aromatic carbocycles. The first kappa shape index (κ1) is 19.8. The van der Waals surface area contributed by atoms with Crippen molar-refractivity contribution in [2.75, 3.05) is 19.7 Å². The van der Waals surface area contributed by atoms with E-state index in [-0.39, 0.29) is 0 Å². The lowest BCUT2D eigenvalue weighted by molar-refractivity contribution is -0.277. The Bertz CT molecular complexity index is 718. The second kappa shape index (κ2) is 8.10. The molecule has 3 aliphatic rings. The van der Waals surface area contributed by atoms with Crippen LogP contribution in [-0.2, 0) is 4.74 Å². The van der Waals surface area contributed by atoms with Gasteiger partial charge in [0.15, 0.2) is 0 Å². The van der Waals surface area contributed by atoms with E-state index in [9.17, 15) is 20.4 Å². The number of nitrogens with zero attached hydrogens (tertiary/aromatic N) is 1. The van der Waals surface area contributed by atoms with Crippen molar-refractivity contribution in [3.05, 3.63) is 35.4 Å². The average Bonchev–Trinajstić information content (AvgIpc) is 3.15. The van der Waals surface area contributed by atoms with Gasteiger partial charge in [0, 0.05) is 12.6 Å². The summed E-state index contributed by atoms with van der Waals surface area (Å²) < 4.78 is 11.1. The molecule has 1 aromatic rings. The lowest BCUT2D eigenvalue weighted by Crippen LogP contribution is -2.60. The van der Waals surface area contributed by atoms with Crippen LogP contribution in [0.15, 0.2) is 29.8 Å². The van der Waals surface area contributed by atoms with Crippen molar-refractivity contribution in [3.63, 3.8) is 0 Å². The molecule has 154 valence electrons. The molecule has 3 aliphatic heterocycles. The second-order valence-corrected chi connectivity index (χ2v) is 8.07. The van der Waals surface area contributed by atoms with Gasteiger partial charge < -0.3 is 29.9 Å². The van der Waals surface area contributed by atoms with Crippen LogP contribution in [0.5, 0.6) is 5.75 Å². The predicted octanol–water partition coefficient (Wildman–Crippen LogP) is 0.507. The van der Waals surface area contributed by atoms with E-state index in [0.29, 0.717) is 11.8 Å². The SMILES string of the molecule is CC1=C(c2ccc(O[C@@H]3O[C@H](CO)[C@@H](O)[C@H](O)[C@H]3O)cc2)CN2CCC[C@H]2C1. The van der Waals surface area contributed by atoms with Crippen LogP contribution in [0, 0.1) is 0 Å². The van der Waals surface area contributed by atoms with Gasteiger partial charge >= 0.3 is 0 Å². The van der Waals surface area contributed by atoms with E-state index in [1.807, 2.05) is 24.3 Å². The zero-order valence-electron chi connectivity index (χ0n) is 16.1. The fraction of sp³-hybridized carbons (Fsp3) is 0.619. The minimum atomic E-state index is -1.45. The van der Waals surface area contributed by atoms with Gasteiger partial charge in [0.2, 0.25) is 6.29 Å². The van der Waals surface area contributed by atoms with Gasteiger partial charge in [-0.15, -0.1) is 0 Å². The van der Waals surface area contributed by atoms with Crippen molar-refractivity contribution in [1.82, 2.24) is 4.90 Å². The molecule has 2 fully saturated rings. The molecule has 0 aromatic heterocycles. The highest BCUT2D eigenvalue weighted by molar-refractivity contribution is 5.71. The zero-order chi connectivity index (χ0) is 19.8. The van der Waals surface area contributed by atoms with Gasteiger partial charge in [-0.05, 0) is 56.0 Å². The number of aliphatic hydroxyl groups is 4. The van der Waals surface area contributed by atoms with Crippen molar-refractivity contribution in [2.45, 2.75) is 62.9 Å². The Labute approximate surface area is 164 Å². The first-order chi connectivity index (χ1) is 13.5. The number of aliphatic hydroxyl groups excluding tert-OH is 4. The smallest absolute Gasteiger partial charge is 0.229 e. The van der Waals surface area contributed by atoms with E-state index in [4.69, 9.17) is 9.47 Å². The molecule has 4 N–H and O–H groups in total. The van der Waals surface area contributed by atoms with E-state index in [0.717, 1.165) is 18.5 Å². The summed E-state index contributed by atoms with van der Waals surface area (Å²) in [5.74, 6) is 0.487. The molecule has 7 heteroatoms. The van der Waals surface area contributed by atoms with Gasteiger partial charge in [-0.3, -0.25) is 4.90 Å². The van der Waals surface area contributed by atoms with E-state index >= 15 is 0 Å². The molecule has 0 unspecified atom stereocenters. The molecular weight excluding hydrogens is 362 g/mol. The number of ether oxygens (including phenoxy) is 2. The van der Waals surface area contributed by atoms with Crippen LogP contribution in [0.2, 0.25) is 0 Å². The number of hydrogen-bond donors (Lipinski definition) is 4. The maximum atomic E-state index is 10.1. The van der Waals surface area contributed by atoms with Crippen molar-refractivity contribution in [1.29, 1.82) is 0 Å². The first-order valence-electron chi connectivity index (χ1n) is 9.98. The van der Waals surface area contributed by atoms with Crippen LogP contribution >= 0.6 is 0 Å². The van der Waals surface area contributed by atoms with Crippen molar-refractivity contribution >= 4 is 5.57 Å². The zero-order valence-corrected chi connectivity index (χ0v) is 16.1. The van der Waals surface area contributed by atoms with Gasteiger partial charge in [0.1, 0.15) is 30.2 Å². The Balaban J connectivity index is 1.46. The summed E-state index contributed by atoms with van der Waals surface area (Å²) in [7, 11) is 0. The van der Waals surface area contributed by atoms with Crippen LogP contribution < -0.4 is 4.74 Å². The molecule has 0 amide bonds. The Morgan fingerprint density at radius 2 is 1.86 bits per heavy atom. The molecule has 0 aliphatic carbocycles. The van der Waals surface area contributed by atoms with Crippen LogP contribution in [0.25, 0.3) is 5.57 Å². The molecule has 4 rings (SSSR count). The molecule has 0 spiro atoms. The molecule has 0 saturated carbocycles. The highest BCUT2D eigenvalue weighted by Gasteiger charge is 2.44. The fourth-order valence-electron chi connectivity index (χ4n) is 4.52. The Morgan fingerprint density at radius 3 is 2.57 bits per heavy atom. The average molecular weight is 391 g/mol. The molecule has 28 heavy (non-hydrogen) atoms. The summed E-state index contributed by atoms with van der Waals surface area (Å²) in [6, 6.07) is 8.31. The fourth-order valence-corrected chi connectivity index (χ4v) is 4.52. The van der Waals surface area contributed by atoms with E-state index < -0.39 is 37.3 Å². The number of hydrogen-bond acceptors (Lipinski definition) is 7. The van der Waals surface area contributed by atoms with Gasteiger partial charge in [-0.25, -0.2) is 0 Å². The lowest BCUT2D eigenvalue weighted by atomic mass is 9.91. The third-order valence-corrected chi connectivity index (χ3v) is 6.22. The Kier molecular flexibility index (Phi) is 5.73. The van der Waals surface area contributed by atoms with Crippen LogP contribution in [0.1, 0.15) is 31.7 Å². The van der Waals surface area contributed by atoms with E-state index in [2.05, 4.69) is 11.8 Å². The van der Waals surface area contributed by atoms with Crippen molar-refractivity contribution < 1.29 is 29.9 Å². The van der Waals surface area contributed by atoms with Crippen LogP contribution in [0.3, 0.4) is 0 Å². The quantitative estimate of drug-likeness (QED) is 0.593. The summed E-state index contributed by atoms with van der Waals surface area (Å²) in [5.41, 5.74) is 3.95. The van der Waals surface area contributed by atoms with Gasteiger partial charge in [-0.1, -0.05) is 17.7 Å². The van der Waals surface area contributed by atoms with Crippen LogP contribution in [-0.4, -0.2) is 81.8 Å². The third-order valence-electron chi connectivity index (χ3n) is 6.22. The van der Waals surface area contributed by atoms with Gasteiger partial charge in [0.05, 0.1) is 6.61 Å². The summed E-state index contributed by atoms with van der Waals surface area (Å²) in [4.78, 5) is 2.56. The lowest BCUT2D eigenvalue weighted by Gasteiger charge is -2.39. The molecule has 2 saturated heterocycles. The maximum Gasteiger partial charge on any atom is 0.229 e. The molecule has 0 radical (unpaired) electrons. The second-order valence-electron chi connectivity index (χ2n) is 8.07. The van der Waals surface area contributed by atoms with Crippen LogP contribution in [0.4, 0.5) is 0 Å². The molecule has 7 nitrogen and oxygen atoms in total. The van der Waals surface area contributed by atoms with Gasteiger partial charge in [-0.2, -0.15) is 0 Å². The predicted molar refractivity (Wildman–Crippen MR) is 103 cm³/mol. The number of rotatable bonds is 4. The summed E-state index contributed by atoms with van der Waals surface area (Å²) in [5, 5.41) is 39.1. The summed E-state index contributed by atoms with van der Waals surface area (Å²) >= 11 is 0. The minimum Gasteiger partial charge on any atom is -0.462 e.